The van der Waals surface area contributed by atoms with E-state index in [-0.39, 0.29) is 68.9 Å². The van der Waals surface area contributed by atoms with Gasteiger partial charge in [0.1, 0.15) is 29.6 Å². The van der Waals surface area contributed by atoms with Crippen LogP contribution in [0.4, 0.5) is 18.3 Å². The Morgan fingerprint density at radius 1 is 1.43 bits per heavy atom. The van der Waals surface area contributed by atoms with Gasteiger partial charge in [-0.05, 0) is 11.6 Å². The number of carbonyl (C=O) groups excluding carboxylic acids is 1. The van der Waals surface area contributed by atoms with Gasteiger partial charge in [0.25, 0.3) is 5.91 Å². The topological polar surface area (TPSA) is 180 Å². The van der Waals surface area contributed by atoms with E-state index in [9.17, 15) is 33.0 Å². The number of aromatic nitrogens is 2. The fourth-order valence-corrected chi connectivity index (χ4v) is 5.14. The molecule has 190 valence electrons. The molecule has 4 rings (SSSR count). The zero-order valence-electron chi connectivity index (χ0n) is 18.9. The number of anilines is 1. The third-order valence-corrected chi connectivity index (χ3v) is 6.81. The number of oxime groups is 1. The number of halogens is 3. The molecular weight excluding hydrogens is 552 g/mol. The number of carboxylic acid groups (broad SMARTS) is 1. The van der Waals surface area contributed by atoms with Gasteiger partial charge in [0, 0.05) is 23.1 Å². The number of hydrogen-bond donors (Lipinski definition) is 2. The molecule has 1 saturated heterocycles. The first-order valence-electron chi connectivity index (χ1n) is 9.72. The minimum absolute atomic E-state index is 0. The van der Waals surface area contributed by atoms with Gasteiger partial charge in [-0.15, -0.1) is 23.1 Å². The summed E-state index contributed by atoms with van der Waals surface area (Å²) < 4.78 is 42.7. The van der Waals surface area contributed by atoms with Crippen molar-refractivity contribution < 1.29 is 71.9 Å². The van der Waals surface area contributed by atoms with Gasteiger partial charge in [-0.25, -0.2) is 9.78 Å². The van der Waals surface area contributed by atoms with Crippen LogP contribution < -0.4 is 40.4 Å². The van der Waals surface area contributed by atoms with Gasteiger partial charge in [0.05, 0.1) is 0 Å². The number of thiazole rings is 1. The largest absolute Gasteiger partial charge is 1.00 e. The maximum Gasteiger partial charge on any atom is 1.00 e. The van der Waals surface area contributed by atoms with E-state index in [4.69, 9.17) is 5.73 Å². The number of nitrogens with zero attached hydrogens (tertiary/aromatic N) is 5. The van der Waals surface area contributed by atoms with Crippen LogP contribution in [0.25, 0.3) is 6.08 Å². The summed E-state index contributed by atoms with van der Waals surface area (Å²) in [4.78, 5) is 38.2. The van der Waals surface area contributed by atoms with E-state index in [2.05, 4.69) is 29.6 Å². The molecule has 2 aromatic heterocycles. The number of aliphatic carboxylic acids is 1. The average molecular weight is 566 g/mol. The van der Waals surface area contributed by atoms with E-state index in [0.717, 1.165) is 34.1 Å². The summed E-state index contributed by atoms with van der Waals surface area (Å²) in [5, 5.41) is 29.8. The Morgan fingerprint density at radius 3 is 2.73 bits per heavy atom. The monoisotopic (exact) mass is 566 g/mol. The summed E-state index contributed by atoms with van der Waals surface area (Å²) in [5.74, 6) is -3.29. The Balaban J connectivity index is 0.00000380. The Morgan fingerprint density at radius 2 is 2.16 bits per heavy atom. The molecular formula is C19H14F3N6NaO6S2. The maximum absolute atomic E-state index is 12.8. The molecule has 4 heterocycles. The SMILES string of the molecule is CO/N=C(\C([O-])=NC1C(=O)N2C(C(=O)O)=C(/C=C/c3cc(C(F)(F)F)no3)CSC12)c1csc(N)n1.[Na+]. The molecule has 2 atom stereocenters. The molecule has 18 heteroatoms. The van der Waals surface area contributed by atoms with Crippen molar-refractivity contribution in [2.75, 3.05) is 18.6 Å². The molecule has 2 aliphatic rings. The van der Waals surface area contributed by atoms with Crippen molar-refractivity contribution in [3.05, 3.63) is 45.9 Å². The van der Waals surface area contributed by atoms with E-state index < -0.39 is 41.1 Å². The number of alkyl halides is 3. The zero-order valence-corrected chi connectivity index (χ0v) is 22.6. The van der Waals surface area contributed by atoms with Crippen LogP contribution in [0, 0.1) is 0 Å². The summed E-state index contributed by atoms with van der Waals surface area (Å²) in [6.07, 6.45) is -2.36. The summed E-state index contributed by atoms with van der Waals surface area (Å²) in [7, 11) is 1.21. The van der Waals surface area contributed by atoms with Crippen LogP contribution >= 0.6 is 23.1 Å². The molecule has 1 amide bonds. The second kappa shape index (κ2) is 11.3. The number of thioether (sulfide) groups is 1. The normalized spacial score (nSPS) is 20.5. The third kappa shape index (κ3) is 5.85. The molecule has 0 aromatic carbocycles. The predicted molar refractivity (Wildman–Crippen MR) is 120 cm³/mol. The number of allylic oxidation sites excluding steroid dienone is 1. The van der Waals surface area contributed by atoms with Crippen molar-refractivity contribution in [2.24, 2.45) is 10.1 Å². The molecule has 0 saturated carbocycles. The summed E-state index contributed by atoms with van der Waals surface area (Å²) in [6.45, 7) is 0. The minimum Gasteiger partial charge on any atom is -0.857 e. The first-order chi connectivity index (χ1) is 17.0. The van der Waals surface area contributed by atoms with Gasteiger partial charge in [0.15, 0.2) is 22.6 Å². The zero-order chi connectivity index (χ0) is 26.2. The molecule has 0 spiro atoms. The van der Waals surface area contributed by atoms with Crippen LogP contribution in [0.1, 0.15) is 17.1 Å². The second-order valence-corrected chi connectivity index (χ2v) is 9.10. The number of carboxylic acids is 1. The van der Waals surface area contributed by atoms with Crippen LogP contribution in [0.15, 0.2) is 43.5 Å². The van der Waals surface area contributed by atoms with Crippen molar-refractivity contribution in [2.45, 2.75) is 17.6 Å². The van der Waals surface area contributed by atoms with Crippen LogP contribution in [-0.2, 0) is 20.6 Å². The van der Waals surface area contributed by atoms with Crippen LogP contribution in [0.3, 0.4) is 0 Å². The van der Waals surface area contributed by atoms with E-state index in [1.165, 1.54) is 18.6 Å². The molecule has 0 aliphatic carbocycles. The summed E-state index contributed by atoms with van der Waals surface area (Å²) >= 11 is 2.18. The minimum atomic E-state index is -4.70. The van der Waals surface area contributed by atoms with Gasteiger partial charge in [-0.3, -0.25) is 14.7 Å². The predicted octanol–water partition coefficient (Wildman–Crippen LogP) is -1.82. The fourth-order valence-electron chi connectivity index (χ4n) is 3.29. The van der Waals surface area contributed by atoms with E-state index in [0.29, 0.717) is 6.07 Å². The smallest absolute Gasteiger partial charge is 0.857 e. The first-order valence-corrected chi connectivity index (χ1v) is 11.6. The van der Waals surface area contributed by atoms with Gasteiger partial charge < -0.3 is 25.3 Å². The van der Waals surface area contributed by atoms with Gasteiger partial charge in [-0.1, -0.05) is 16.4 Å². The number of aliphatic imine (C=N–C) groups is 1. The molecule has 2 unspecified atom stereocenters. The van der Waals surface area contributed by atoms with Crippen LogP contribution in [0.5, 0.6) is 0 Å². The van der Waals surface area contributed by atoms with Gasteiger partial charge in [0.2, 0.25) is 0 Å². The Hall–Kier alpha value is -2.86. The first kappa shape index (κ1) is 28.7. The molecule has 1 fully saturated rings. The van der Waals surface area contributed by atoms with Crippen LogP contribution in [0.2, 0.25) is 0 Å². The molecule has 37 heavy (non-hydrogen) atoms. The van der Waals surface area contributed by atoms with Gasteiger partial charge in [-0.2, -0.15) is 13.2 Å². The van der Waals surface area contributed by atoms with E-state index in [1.54, 1.807) is 0 Å². The number of hydrogen-bond acceptors (Lipinski definition) is 12. The van der Waals surface area contributed by atoms with Crippen molar-refractivity contribution in [1.29, 1.82) is 0 Å². The van der Waals surface area contributed by atoms with Gasteiger partial charge >= 0.3 is 41.7 Å². The summed E-state index contributed by atoms with van der Waals surface area (Å²) in [5.41, 5.74) is 3.93. The van der Waals surface area contributed by atoms with Crippen LogP contribution in [-0.4, -0.2) is 67.9 Å². The number of rotatable bonds is 7. The maximum atomic E-state index is 12.8. The Kier molecular flexibility index (Phi) is 8.74. The number of β-lactam (4-membered cyclic amide) rings is 1. The van der Waals surface area contributed by atoms with Crippen molar-refractivity contribution in [3.8, 4) is 0 Å². The van der Waals surface area contributed by atoms with E-state index >= 15 is 0 Å². The molecule has 3 N–H and O–H groups in total. The number of nitrogens with two attached hydrogens (primary N) is 1. The second-order valence-electron chi connectivity index (χ2n) is 7.11. The Bertz CT molecular complexity index is 1340. The Labute approximate surface area is 236 Å². The fraction of sp³-hybridized carbons (Fsp3) is 0.263. The standard InChI is InChI=1S/C19H15F3N6O6S2.Na/c1-33-27-11(9-6-36-18(23)24-9)14(29)25-12-15(30)28-13(17(31)32)7(5-35-16(12)28)2-3-8-4-10(26-34-8)19(20,21)22;/h2-4,6,12,16H,5H2,1H3,(H2,23,24)(H,25,29)(H,31,32);/q;+1/p-1/b3-2+,27-11-;. The number of carbonyl (C=O) groups is 2. The average Bonchev–Trinajstić information content (AvgIpc) is 3.47. The van der Waals surface area contributed by atoms with Crippen molar-refractivity contribution >= 4 is 57.8 Å². The van der Waals surface area contributed by atoms with E-state index in [1.807, 2.05) is 0 Å². The number of nitrogen functional groups attached to an aromatic ring is 1. The molecule has 12 nitrogen and oxygen atoms in total. The quantitative estimate of drug-likeness (QED) is 0.127. The third-order valence-electron chi connectivity index (χ3n) is 4.85. The number of fused-ring (bicyclic) bond motifs is 1. The molecule has 0 bridgehead atoms. The molecule has 2 aliphatic heterocycles. The summed E-state index contributed by atoms with van der Waals surface area (Å²) in [6, 6.07) is -0.537. The van der Waals surface area contributed by atoms with Crippen molar-refractivity contribution in [1.82, 2.24) is 15.0 Å². The molecule has 0 radical (unpaired) electrons. The molecule has 2 aromatic rings. The number of amides is 1. The van der Waals surface area contributed by atoms with Crippen molar-refractivity contribution in [3.63, 3.8) is 0 Å².